The maximum Gasteiger partial charge on any atom is 0.419 e. The number of hydrogen-bond acceptors (Lipinski definition) is 6. The van der Waals surface area contributed by atoms with Crippen LogP contribution in [0.1, 0.15) is 34.5 Å². The maximum absolute atomic E-state index is 13.7. The first-order valence-electron chi connectivity index (χ1n) is 10.4. The zero-order valence-electron chi connectivity index (χ0n) is 18.6. The third kappa shape index (κ3) is 7.20. The van der Waals surface area contributed by atoms with E-state index in [0.29, 0.717) is 23.1 Å². The van der Waals surface area contributed by atoms with Gasteiger partial charge in [0.1, 0.15) is 23.4 Å². The van der Waals surface area contributed by atoms with Gasteiger partial charge in [0.15, 0.2) is 0 Å². The van der Waals surface area contributed by atoms with Crippen molar-refractivity contribution in [2.75, 3.05) is 12.3 Å². The number of sulfonamides is 1. The summed E-state index contributed by atoms with van der Waals surface area (Å²) < 4.78 is 77.8. The van der Waals surface area contributed by atoms with Gasteiger partial charge >= 0.3 is 6.18 Å². The number of para-hydroxylation sites is 1. The molecule has 0 saturated carbocycles. The fourth-order valence-corrected chi connectivity index (χ4v) is 3.93. The van der Waals surface area contributed by atoms with E-state index in [-0.39, 0.29) is 6.54 Å². The van der Waals surface area contributed by atoms with Gasteiger partial charge in [-0.15, -0.1) is 0 Å². The molecule has 0 aromatic heterocycles. The lowest BCUT2D eigenvalue weighted by Gasteiger charge is -2.20. The van der Waals surface area contributed by atoms with E-state index in [2.05, 4.69) is 0 Å². The van der Waals surface area contributed by atoms with Gasteiger partial charge in [0.25, 0.3) is 5.91 Å². The zero-order valence-corrected chi connectivity index (χ0v) is 19.4. The van der Waals surface area contributed by atoms with Crippen molar-refractivity contribution < 1.29 is 35.9 Å². The Bertz CT molecular complexity index is 1280. The second-order valence-electron chi connectivity index (χ2n) is 7.50. The van der Waals surface area contributed by atoms with Crippen LogP contribution in [0.4, 0.5) is 13.2 Å². The summed E-state index contributed by atoms with van der Waals surface area (Å²) >= 11 is 0. The molecule has 0 spiro atoms. The van der Waals surface area contributed by atoms with Crippen LogP contribution in [0.2, 0.25) is 0 Å². The van der Waals surface area contributed by atoms with Crippen molar-refractivity contribution in [3.63, 3.8) is 0 Å². The predicted octanol–water partition coefficient (Wildman–Crippen LogP) is 4.66. The number of amides is 1. The SMILES string of the molecule is CC(Oc1ccc(C(=O)NS(=O)(=O)CCN)cc1C(F)(F)F)c1cccc(Oc2ccccc2)c1. The molecule has 7 nitrogen and oxygen atoms in total. The Morgan fingerprint density at radius 3 is 2.34 bits per heavy atom. The quantitative estimate of drug-likeness (QED) is 0.436. The number of ether oxygens (including phenoxy) is 2. The van der Waals surface area contributed by atoms with Gasteiger partial charge in [0, 0.05) is 12.1 Å². The Hall–Kier alpha value is -3.57. The van der Waals surface area contributed by atoms with Crippen LogP contribution in [0, 0.1) is 0 Å². The summed E-state index contributed by atoms with van der Waals surface area (Å²) in [5.74, 6) is -1.18. The highest BCUT2D eigenvalue weighted by Crippen LogP contribution is 2.39. The highest BCUT2D eigenvalue weighted by Gasteiger charge is 2.36. The number of rotatable bonds is 9. The van der Waals surface area contributed by atoms with E-state index in [0.717, 1.165) is 12.1 Å². The maximum atomic E-state index is 13.7. The predicted molar refractivity (Wildman–Crippen MR) is 124 cm³/mol. The molecular formula is C24H23F3N2O5S. The van der Waals surface area contributed by atoms with Gasteiger partial charge in [0.05, 0.1) is 11.3 Å². The van der Waals surface area contributed by atoms with Crippen LogP contribution in [0.25, 0.3) is 0 Å². The summed E-state index contributed by atoms with van der Waals surface area (Å²) in [6, 6.07) is 18.3. The Morgan fingerprint density at radius 1 is 1.00 bits per heavy atom. The van der Waals surface area contributed by atoms with Gasteiger partial charge in [-0.05, 0) is 55.0 Å². The molecule has 35 heavy (non-hydrogen) atoms. The van der Waals surface area contributed by atoms with Crippen molar-refractivity contribution in [3.05, 3.63) is 89.5 Å². The van der Waals surface area contributed by atoms with Gasteiger partial charge in [-0.3, -0.25) is 4.79 Å². The first-order valence-corrected chi connectivity index (χ1v) is 12.1. The molecule has 11 heteroatoms. The van der Waals surface area contributed by atoms with Crippen LogP contribution in [0.3, 0.4) is 0 Å². The minimum atomic E-state index is -4.86. The van der Waals surface area contributed by atoms with Crippen LogP contribution in [0.5, 0.6) is 17.2 Å². The van der Waals surface area contributed by atoms with E-state index < -0.39 is 50.8 Å². The second-order valence-corrected chi connectivity index (χ2v) is 9.34. The molecule has 0 aliphatic carbocycles. The van der Waals surface area contributed by atoms with E-state index in [4.69, 9.17) is 15.2 Å². The molecule has 3 aromatic carbocycles. The highest BCUT2D eigenvalue weighted by atomic mass is 32.2. The second kappa shape index (κ2) is 10.8. The summed E-state index contributed by atoms with van der Waals surface area (Å²) in [5, 5.41) is 0. The smallest absolute Gasteiger partial charge is 0.419 e. The van der Waals surface area contributed by atoms with E-state index >= 15 is 0 Å². The first-order chi connectivity index (χ1) is 16.5. The molecule has 0 radical (unpaired) electrons. The third-order valence-electron chi connectivity index (χ3n) is 4.79. The van der Waals surface area contributed by atoms with Gasteiger partial charge in [0.2, 0.25) is 10.0 Å². The van der Waals surface area contributed by atoms with Crippen LogP contribution in [-0.2, 0) is 16.2 Å². The molecular weight excluding hydrogens is 485 g/mol. The minimum Gasteiger partial charge on any atom is -0.485 e. The fraction of sp³-hybridized carbons (Fsp3) is 0.208. The van der Waals surface area contributed by atoms with Crippen molar-refractivity contribution in [2.45, 2.75) is 19.2 Å². The van der Waals surface area contributed by atoms with Gasteiger partial charge in [-0.2, -0.15) is 13.2 Å². The Kier molecular flexibility index (Phi) is 8.03. The molecule has 3 rings (SSSR count). The Labute approximate surface area is 200 Å². The van der Waals surface area contributed by atoms with Gasteiger partial charge < -0.3 is 15.2 Å². The summed E-state index contributed by atoms with van der Waals surface area (Å²) in [5.41, 5.74) is 4.02. The number of hydrogen-bond donors (Lipinski definition) is 2. The monoisotopic (exact) mass is 508 g/mol. The first kappa shape index (κ1) is 26.0. The van der Waals surface area contributed by atoms with E-state index in [1.54, 1.807) is 60.2 Å². The molecule has 3 aromatic rings. The number of nitrogens with two attached hydrogens (primary N) is 1. The molecule has 0 bridgehead atoms. The molecule has 0 aliphatic rings. The summed E-state index contributed by atoms with van der Waals surface area (Å²) in [6.45, 7) is 1.32. The average Bonchev–Trinajstić information content (AvgIpc) is 2.79. The van der Waals surface area contributed by atoms with Gasteiger partial charge in [-0.25, -0.2) is 13.1 Å². The van der Waals surface area contributed by atoms with Crippen molar-refractivity contribution in [2.24, 2.45) is 5.73 Å². The van der Waals surface area contributed by atoms with Crippen molar-refractivity contribution >= 4 is 15.9 Å². The largest absolute Gasteiger partial charge is 0.485 e. The van der Waals surface area contributed by atoms with Crippen molar-refractivity contribution in [1.82, 2.24) is 4.72 Å². The van der Waals surface area contributed by atoms with E-state index in [1.807, 2.05) is 6.07 Å². The van der Waals surface area contributed by atoms with Gasteiger partial charge in [-0.1, -0.05) is 30.3 Å². The third-order valence-corrected chi connectivity index (χ3v) is 6.06. The summed E-state index contributed by atoms with van der Waals surface area (Å²) in [6.07, 6.45) is -5.67. The lowest BCUT2D eigenvalue weighted by atomic mass is 10.1. The normalized spacial score (nSPS) is 12.6. The van der Waals surface area contributed by atoms with Crippen LogP contribution >= 0.6 is 0 Å². The molecule has 0 heterocycles. The number of benzene rings is 3. The minimum absolute atomic E-state index is 0.251. The number of nitrogens with one attached hydrogen (secondary N) is 1. The summed E-state index contributed by atoms with van der Waals surface area (Å²) in [4.78, 5) is 12.2. The number of carbonyl (C=O) groups excluding carboxylic acids is 1. The topological polar surface area (TPSA) is 108 Å². The van der Waals surface area contributed by atoms with Crippen LogP contribution in [-0.4, -0.2) is 26.6 Å². The average molecular weight is 509 g/mol. The number of halogens is 3. The zero-order chi connectivity index (χ0) is 25.6. The lowest BCUT2D eigenvalue weighted by molar-refractivity contribution is -0.139. The lowest BCUT2D eigenvalue weighted by Crippen LogP contribution is -2.34. The van der Waals surface area contributed by atoms with Crippen LogP contribution < -0.4 is 19.9 Å². The fourth-order valence-electron chi connectivity index (χ4n) is 3.12. The standard InChI is InChI=1S/C24H23F3N2O5S/c1-16(17-6-5-9-20(14-17)34-19-7-3-2-4-8-19)33-22-11-10-18(15-21(22)24(25,26)27)23(30)29-35(31,32)13-12-28/h2-11,14-16H,12-13,28H2,1H3,(H,29,30). The Morgan fingerprint density at radius 2 is 1.69 bits per heavy atom. The molecule has 186 valence electrons. The van der Waals surface area contributed by atoms with Crippen LogP contribution in [0.15, 0.2) is 72.8 Å². The molecule has 1 atom stereocenters. The van der Waals surface area contributed by atoms with Crippen molar-refractivity contribution in [3.8, 4) is 17.2 Å². The molecule has 0 fully saturated rings. The number of carbonyl (C=O) groups is 1. The number of alkyl halides is 3. The highest BCUT2D eigenvalue weighted by molar-refractivity contribution is 7.90. The molecule has 0 saturated heterocycles. The van der Waals surface area contributed by atoms with E-state index in [1.165, 1.54) is 0 Å². The van der Waals surface area contributed by atoms with E-state index in [9.17, 15) is 26.4 Å². The summed E-state index contributed by atoms with van der Waals surface area (Å²) in [7, 11) is -4.07. The van der Waals surface area contributed by atoms with Crippen molar-refractivity contribution in [1.29, 1.82) is 0 Å². The molecule has 0 aliphatic heterocycles. The molecule has 3 N–H and O–H groups in total. The molecule has 1 amide bonds. The molecule has 1 unspecified atom stereocenters. The Balaban J connectivity index is 1.83.